The van der Waals surface area contributed by atoms with E-state index in [-0.39, 0.29) is 11.8 Å². The zero-order chi connectivity index (χ0) is 20.1. The maximum absolute atomic E-state index is 12.5. The van der Waals surface area contributed by atoms with Gasteiger partial charge >= 0.3 is 0 Å². The molecule has 0 saturated heterocycles. The minimum absolute atomic E-state index is 0.0618. The van der Waals surface area contributed by atoms with Crippen LogP contribution in [0.15, 0.2) is 42.5 Å². The molecule has 7 nitrogen and oxygen atoms in total. The third-order valence-electron chi connectivity index (χ3n) is 4.49. The van der Waals surface area contributed by atoms with Gasteiger partial charge in [-0.05, 0) is 56.2 Å². The van der Waals surface area contributed by atoms with E-state index in [1.165, 1.54) is 0 Å². The Hall–Kier alpha value is -3.22. The van der Waals surface area contributed by atoms with Gasteiger partial charge in [0.1, 0.15) is 6.04 Å². The molecule has 0 aromatic heterocycles. The number of nitrogens with one attached hydrogen (secondary N) is 3. The van der Waals surface area contributed by atoms with Gasteiger partial charge in [-0.25, -0.2) is 0 Å². The predicted molar refractivity (Wildman–Crippen MR) is 108 cm³/mol. The van der Waals surface area contributed by atoms with Gasteiger partial charge in [-0.3, -0.25) is 9.59 Å². The molecule has 1 saturated carbocycles. The van der Waals surface area contributed by atoms with Gasteiger partial charge < -0.3 is 25.4 Å². The van der Waals surface area contributed by atoms with Crippen molar-refractivity contribution in [2.24, 2.45) is 0 Å². The lowest BCUT2D eigenvalue weighted by molar-refractivity contribution is -0.116. The Bertz CT molecular complexity index is 847. The number of carbonyl (C=O) groups is 2. The molecule has 0 bridgehead atoms. The van der Waals surface area contributed by atoms with Crippen LogP contribution >= 0.6 is 0 Å². The number of anilines is 2. The second-order valence-electron chi connectivity index (χ2n) is 6.75. The first-order valence-electron chi connectivity index (χ1n) is 9.20. The number of ether oxygens (including phenoxy) is 2. The fourth-order valence-corrected chi connectivity index (χ4v) is 2.69. The lowest BCUT2D eigenvalue weighted by Gasteiger charge is -2.16. The van der Waals surface area contributed by atoms with Crippen LogP contribution in [0.5, 0.6) is 11.5 Å². The molecule has 1 fully saturated rings. The molecule has 0 aliphatic heterocycles. The lowest BCUT2D eigenvalue weighted by Crippen LogP contribution is -2.32. The highest BCUT2D eigenvalue weighted by Gasteiger charge is 2.23. The molecule has 28 heavy (non-hydrogen) atoms. The highest BCUT2D eigenvalue weighted by atomic mass is 16.5. The predicted octanol–water partition coefficient (Wildman–Crippen LogP) is 3.04. The van der Waals surface area contributed by atoms with E-state index >= 15 is 0 Å². The Morgan fingerprint density at radius 2 is 1.61 bits per heavy atom. The lowest BCUT2D eigenvalue weighted by atomic mass is 10.1. The van der Waals surface area contributed by atoms with Crippen LogP contribution in [0.3, 0.4) is 0 Å². The molecule has 0 radical (unpaired) electrons. The summed E-state index contributed by atoms with van der Waals surface area (Å²) in [5, 5.41) is 8.93. The van der Waals surface area contributed by atoms with Crippen LogP contribution in [0.25, 0.3) is 0 Å². The number of hydrogen-bond donors (Lipinski definition) is 3. The summed E-state index contributed by atoms with van der Waals surface area (Å²) in [5.74, 6) is 0.884. The molecule has 2 aromatic rings. The SMILES string of the molecule is COc1ccc(NC(=O)C(C)Nc2ccc(C(=O)NC3CC3)cc2)cc1OC. The van der Waals surface area contributed by atoms with Gasteiger partial charge in [-0.15, -0.1) is 0 Å². The zero-order valence-corrected chi connectivity index (χ0v) is 16.2. The topological polar surface area (TPSA) is 88.7 Å². The first kappa shape index (κ1) is 19.5. The molecule has 148 valence electrons. The Labute approximate surface area is 164 Å². The van der Waals surface area contributed by atoms with Crippen molar-refractivity contribution in [3.8, 4) is 11.5 Å². The molecule has 0 spiro atoms. The second kappa shape index (κ2) is 8.65. The van der Waals surface area contributed by atoms with Crippen LogP contribution in [0, 0.1) is 0 Å². The summed E-state index contributed by atoms with van der Waals surface area (Å²) in [7, 11) is 3.10. The average molecular weight is 383 g/mol. The Morgan fingerprint density at radius 1 is 0.964 bits per heavy atom. The van der Waals surface area contributed by atoms with E-state index in [1.54, 1.807) is 63.6 Å². The first-order chi connectivity index (χ1) is 13.5. The summed E-state index contributed by atoms with van der Waals surface area (Å²) in [6, 6.07) is 12.1. The third kappa shape index (κ3) is 4.94. The quantitative estimate of drug-likeness (QED) is 0.652. The van der Waals surface area contributed by atoms with Gasteiger partial charge in [0.05, 0.1) is 14.2 Å². The summed E-state index contributed by atoms with van der Waals surface area (Å²) in [4.78, 5) is 24.5. The molecule has 1 aliphatic carbocycles. The Morgan fingerprint density at radius 3 is 2.21 bits per heavy atom. The number of amides is 2. The van der Waals surface area contributed by atoms with Crippen LogP contribution in [0.4, 0.5) is 11.4 Å². The normalized spacial score (nSPS) is 14.0. The molecular weight excluding hydrogens is 358 g/mol. The minimum atomic E-state index is -0.473. The summed E-state index contributed by atoms with van der Waals surface area (Å²) in [6.45, 7) is 1.77. The van der Waals surface area contributed by atoms with Gasteiger partial charge in [0.2, 0.25) is 5.91 Å². The van der Waals surface area contributed by atoms with E-state index in [0.29, 0.717) is 28.8 Å². The van der Waals surface area contributed by atoms with Crippen LogP contribution in [-0.2, 0) is 4.79 Å². The highest BCUT2D eigenvalue weighted by molar-refractivity contribution is 5.97. The summed E-state index contributed by atoms with van der Waals surface area (Å²) >= 11 is 0. The molecule has 3 rings (SSSR count). The van der Waals surface area contributed by atoms with Crippen molar-refractivity contribution in [1.82, 2.24) is 5.32 Å². The van der Waals surface area contributed by atoms with E-state index in [2.05, 4.69) is 16.0 Å². The fourth-order valence-electron chi connectivity index (χ4n) is 2.69. The van der Waals surface area contributed by atoms with Crippen molar-refractivity contribution in [1.29, 1.82) is 0 Å². The largest absolute Gasteiger partial charge is 0.493 e. The van der Waals surface area contributed by atoms with Crippen LogP contribution < -0.4 is 25.4 Å². The van der Waals surface area contributed by atoms with Crippen molar-refractivity contribution in [3.63, 3.8) is 0 Å². The van der Waals surface area contributed by atoms with Crippen LogP contribution in [-0.4, -0.2) is 38.1 Å². The summed E-state index contributed by atoms with van der Waals surface area (Å²) < 4.78 is 10.4. The number of methoxy groups -OCH3 is 2. The van der Waals surface area contributed by atoms with E-state index in [4.69, 9.17) is 9.47 Å². The van der Waals surface area contributed by atoms with Crippen molar-refractivity contribution in [2.45, 2.75) is 31.8 Å². The minimum Gasteiger partial charge on any atom is -0.493 e. The van der Waals surface area contributed by atoms with Crippen molar-refractivity contribution in [2.75, 3.05) is 24.9 Å². The van der Waals surface area contributed by atoms with Crippen LogP contribution in [0.2, 0.25) is 0 Å². The molecule has 3 N–H and O–H groups in total. The molecule has 2 amide bonds. The van der Waals surface area contributed by atoms with Gasteiger partial charge in [0.15, 0.2) is 11.5 Å². The van der Waals surface area contributed by atoms with Gasteiger partial charge in [0.25, 0.3) is 5.91 Å². The second-order valence-corrected chi connectivity index (χ2v) is 6.75. The summed E-state index contributed by atoms with van der Waals surface area (Å²) in [5.41, 5.74) is 1.99. The third-order valence-corrected chi connectivity index (χ3v) is 4.49. The maximum Gasteiger partial charge on any atom is 0.251 e. The monoisotopic (exact) mass is 383 g/mol. The molecule has 7 heteroatoms. The summed E-state index contributed by atoms with van der Waals surface area (Å²) in [6.07, 6.45) is 2.11. The number of benzene rings is 2. The van der Waals surface area contributed by atoms with Crippen molar-refractivity contribution < 1.29 is 19.1 Å². The van der Waals surface area contributed by atoms with Gasteiger partial charge in [0, 0.05) is 29.0 Å². The van der Waals surface area contributed by atoms with Gasteiger partial charge in [-0.2, -0.15) is 0 Å². The van der Waals surface area contributed by atoms with E-state index < -0.39 is 6.04 Å². The molecular formula is C21H25N3O4. The first-order valence-corrected chi connectivity index (χ1v) is 9.20. The molecule has 1 atom stereocenters. The maximum atomic E-state index is 12.5. The average Bonchev–Trinajstić information content (AvgIpc) is 3.52. The number of hydrogen-bond acceptors (Lipinski definition) is 5. The molecule has 1 aliphatic rings. The van der Waals surface area contributed by atoms with E-state index in [1.807, 2.05) is 0 Å². The molecule has 1 unspecified atom stereocenters. The van der Waals surface area contributed by atoms with E-state index in [0.717, 1.165) is 18.5 Å². The number of rotatable bonds is 8. The van der Waals surface area contributed by atoms with Gasteiger partial charge in [-0.1, -0.05) is 0 Å². The Kier molecular flexibility index (Phi) is 6.03. The van der Waals surface area contributed by atoms with Crippen molar-refractivity contribution >= 4 is 23.2 Å². The van der Waals surface area contributed by atoms with Crippen molar-refractivity contribution in [3.05, 3.63) is 48.0 Å². The van der Waals surface area contributed by atoms with E-state index in [9.17, 15) is 9.59 Å². The molecule has 2 aromatic carbocycles. The number of carbonyl (C=O) groups excluding carboxylic acids is 2. The molecule has 0 heterocycles. The standard InChI is InChI=1S/C21H25N3O4/c1-13(20(25)24-17-10-11-18(27-2)19(12-17)28-3)22-15-6-4-14(5-7-15)21(26)23-16-8-9-16/h4-7,10-13,16,22H,8-9H2,1-3H3,(H,23,26)(H,24,25). The Balaban J connectivity index is 1.57. The van der Waals surface area contributed by atoms with Crippen LogP contribution in [0.1, 0.15) is 30.1 Å². The fraction of sp³-hybridized carbons (Fsp3) is 0.333. The smallest absolute Gasteiger partial charge is 0.251 e. The zero-order valence-electron chi connectivity index (χ0n) is 16.2. The highest BCUT2D eigenvalue weighted by Crippen LogP contribution is 2.29.